The Morgan fingerprint density at radius 1 is 1.48 bits per heavy atom. The van der Waals surface area contributed by atoms with Gasteiger partial charge in [0.1, 0.15) is 10.8 Å². The molecule has 7 heteroatoms. The lowest BCUT2D eigenvalue weighted by molar-refractivity contribution is 0.0973. The third-order valence-electron chi connectivity index (χ3n) is 4.88. The van der Waals surface area contributed by atoms with E-state index in [-0.39, 0.29) is 10.8 Å². The van der Waals surface area contributed by atoms with Crippen molar-refractivity contribution in [2.45, 2.75) is 25.8 Å². The lowest BCUT2D eigenvalue weighted by atomic mass is 9.84. The number of hydrogen-bond acceptors (Lipinski definition) is 5. The van der Waals surface area contributed by atoms with Crippen molar-refractivity contribution in [3.63, 3.8) is 0 Å². The zero-order chi connectivity index (χ0) is 16.0. The number of rotatable bonds is 4. The molecule has 124 valence electrons. The van der Waals surface area contributed by atoms with Gasteiger partial charge in [0.2, 0.25) is 5.58 Å². The molecule has 1 aromatic carbocycles. The molecule has 3 saturated heterocycles. The summed E-state index contributed by atoms with van der Waals surface area (Å²) in [6, 6.07) is 1.68. The Morgan fingerprint density at radius 2 is 2.26 bits per heavy atom. The summed E-state index contributed by atoms with van der Waals surface area (Å²) in [5.74, 6) is 0.895. The van der Waals surface area contributed by atoms with E-state index in [1.54, 1.807) is 0 Å². The van der Waals surface area contributed by atoms with Gasteiger partial charge in [0.25, 0.3) is 0 Å². The summed E-state index contributed by atoms with van der Waals surface area (Å²) in [7, 11) is 0. The van der Waals surface area contributed by atoms with Gasteiger partial charge in [-0.25, -0.2) is 4.39 Å². The zero-order valence-electron chi connectivity index (χ0n) is 12.9. The zero-order valence-corrected chi connectivity index (χ0v) is 13.7. The first-order valence-corrected chi connectivity index (χ1v) is 8.44. The van der Waals surface area contributed by atoms with E-state index in [1.165, 1.54) is 32.0 Å². The van der Waals surface area contributed by atoms with E-state index in [2.05, 4.69) is 15.4 Å². The van der Waals surface area contributed by atoms with Gasteiger partial charge in [-0.05, 0) is 44.8 Å². The second kappa shape index (κ2) is 5.83. The van der Waals surface area contributed by atoms with Gasteiger partial charge in [-0.15, -0.1) is 0 Å². The number of anilines is 1. The second-order valence-electron chi connectivity index (χ2n) is 6.23. The minimum absolute atomic E-state index is 0.0649. The molecule has 5 rings (SSSR count). The number of hydrogen-bond donors (Lipinski definition) is 1. The van der Waals surface area contributed by atoms with Crippen molar-refractivity contribution in [3.05, 3.63) is 16.9 Å². The van der Waals surface area contributed by atoms with Crippen molar-refractivity contribution >= 4 is 28.4 Å². The number of halogens is 2. The van der Waals surface area contributed by atoms with Crippen LogP contribution in [0, 0.1) is 11.7 Å². The highest BCUT2D eigenvalue weighted by atomic mass is 35.5. The summed E-state index contributed by atoms with van der Waals surface area (Å²) < 4.78 is 24.9. The van der Waals surface area contributed by atoms with Crippen LogP contribution in [0.15, 0.2) is 10.6 Å². The van der Waals surface area contributed by atoms with Crippen molar-refractivity contribution in [2.24, 2.45) is 5.92 Å². The van der Waals surface area contributed by atoms with Crippen molar-refractivity contribution in [1.29, 1.82) is 0 Å². The maximum absolute atomic E-state index is 14.1. The van der Waals surface area contributed by atoms with Crippen LogP contribution in [0.1, 0.15) is 19.8 Å². The molecule has 2 aromatic rings. The normalized spacial score (nSPS) is 26.7. The minimum Gasteiger partial charge on any atom is -0.488 e. The van der Waals surface area contributed by atoms with E-state index < -0.39 is 5.82 Å². The molecular formula is C16H19ClFN3O2. The summed E-state index contributed by atoms with van der Waals surface area (Å²) in [5.41, 5.74) is 0.391. The number of fused-ring (bicyclic) bond motifs is 4. The van der Waals surface area contributed by atoms with E-state index in [1.807, 2.05) is 6.92 Å². The largest absolute Gasteiger partial charge is 0.488 e. The molecule has 23 heavy (non-hydrogen) atoms. The van der Waals surface area contributed by atoms with Gasteiger partial charge >= 0.3 is 0 Å². The van der Waals surface area contributed by atoms with Crippen molar-refractivity contribution in [1.82, 2.24) is 10.1 Å². The number of piperidine rings is 3. The standard InChI is InChI=1S/C16H19ClFN3O2/c1-2-22-15-13(17)11(18)7-10-14(15)23-20-16(10)19-12-8-21-5-3-9(12)4-6-21/h7,9,12H,2-6,8H2,1H3,(H,19,20). The van der Waals surface area contributed by atoms with Crippen LogP contribution in [-0.2, 0) is 0 Å². The van der Waals surface area contributed by atoms with Gasteiger partial charge in [-0.3, -0.25) is 0 Å². The molecule has 1 atom stereocenters. The van der Waals surface area contributed by atoms with E-state index in [0.717, 1.165) is 6.54 Å². The molecule has 1 aromatic heterocycles. The molecule has 4 heterocycles. The van der Waals surface area contributed by atoms with E-state index in [0.29, 0.717) is 35.4 Å². The maximum Gasteiger partial charge on any atom is 0.212 e. The maximum atomic E-state index is 14.1. The van der Waals surface area contributed by atoms with Gasteiger partial charge in [0.05, 0.1) is 12.0 Å². The number of nitrogens with zero attached hydrogens (tertiary/aromatic N) is 2. The lowest BCUT2D eigenvalue weighted by Crippen LogP contribution is -2.53. The number of aromatic nitrogens is 1. The van der Waals surface area contributed by atoms with Crippen LogP contribution in [0.2, 0.25) is 5.02 Å². The highest BCUT2D eigenvalue weighted by Gasteiger charge is 2.35. The van der Waals surface area contributed by atoms with E-state index in [4.69, 9.17) is 20.9 Å². The minimum atomic E-state index is -0.525. The summed E-state index contributed by atoms with van der Waals surface area (Å²) in [4.78, 5) is 2.45. The first kappa shape index (κ1) is 15.0. The summed E-state index contributed by atoms with van der Waals surface area (Å²) >= 11 is 5.99. The summed E-state index contributed by atoms with van der Waals surface area (Å²) in [6.07, 6.45) is 2.38. The molecule has 3 fully saturated rings. The van der Waals surface area contributed by atoms with Gasteiger partial charge in [-0.2, -0.15) is 0 Å². The van der Waals surface area contributed by atoms with Crippen LogP contribution in [-0.4, -0.2) is 42.3 Å². The van der Waals surface area contributed by atoms with Gasteiger partial charge in [0, 0.05) is 12.6 Å². The van der Waals surface area contributed by atoms with Gasteiger partial charge in [0.15, 0.2) is 11.6 Å². The molecule has 0 saturated carbocycles. The molecule has 0 amide bonds. The van der Waals surface area contributed by atoms with Crippen molar-refractivity contribution in [2.75, 3.05) is 31.6 Å². The van der Waals surface area contributed by atoms with Crippen molar-refractivity contribution in [3.8, 4) is 5.75 Å². The Bertz CT molecular complexity index is 728. The Hall–Kier alpha value is -1.53. The Kier molecular flexibility index (Phi) is 3.81. The Morgan fingerprint density at radius 3 is 2.91 bits per heavy atom. The predicted molar refractivity (Wildman–Crippen MR) is 86.7 cm³/mol. The SMILES string of the molecule is CCOc1c(Cl)c(F)cc2c(NC3CN4CCC3CC4)noc12. The quantitative estimate of drug-likeness (QED) is 0.923. The first-order chi connectivity index (χ1) is 11.2. The van der Waals surface area contributed by atoms with Crippen LogP contribution < -0.4 is 10.1 Å². The fourth-order valence-corrected chi connectivity index (χ4v) is 3.87. The van der Waals surface area contributed by atoms with E-state index in [9.17, 15) is 4.39 Å². The third-order valence-corrected chi connectivity index (χ3v) is 5.23. The van der Waals surface area contributed by atoms with Crippen LogP contribution in [0.4, 0.5) is 10.2 Å². The van der Waals surface area contributed by atoms with Crippen LogP contribution in [0.25, 0.3) is 11.0 Å². The first-order valence-electron chi connectivity index (χ1n) is 8.06. The molecule has 2 bridgehead atoms. The second-order valence-corrected chi connectivity index (χ2v) is 6.61. The molecular weight excluding hydrogens is 321 g/mol. The van der Waals surface area contributed by atoms with Gasteiger partial charge < -0.3 is 19.5 Å². The number of ether oxygens (including phenoxy) is 1. The van der Waals surface area contributed by atoms with Crippen LogP contribution in [0.3, 0.4) is 0 Å². The van der Waals surface area contributed by atoms with E-state index >= 15 is 0 Å². The summed E-state index contributed by atoms with van der Waals surface area (Å²) in [6.45, 7) is 5.52. The molecule has 0 radical (unpaired) electrons. The van der Waals surface area contributed by atoms with Crippen LogP contribution in [0.5, 0.6) is 5.75 Å². The average Bonchev–Trinajstić information content (AvgIpc) is 2.95. The molecule has 3 aliphatic rings. The monoisotopic (exact) mass is 339 g/mol. The fourth-order valence-electron chi connectivity index (χ4n) is 3.67. The number of benzene rings is 1. The topological polar surface area (TPSA) is 50.5 Å². The average molecular weight is 340 g/mol. The highest BCUT2D eigenvalue weighted by molar-refractivity contribution is 6.33. The highest BCUT2D eigenvalue weighted by Crippen LogP contribution is 2.39. The third kappa shape index (κ3) is 2.54. The van der Waals surface area contributed by atoms with Crippen LogP contribution >= 0.6 is 11.6 Å². The molecule has 1 unspecified atom stereocenters. The molecule has 5 nitrogen and oxygen atoms in total. The molecule has 1 N–H and O–H groups in total. The Balaban J connectivity index is 1.68. The van der Waals surface area contributed by atoms with Crippen molar-refractivity contribution < 1.29 is 13.7 Å². The Labute approximate surface area is 138 Å². The summed E-state index contributed by atoms with van der Waals surface area (Å²) in [5, 5.41) is 8.04. The predicted octanol–water partition coefficient (Wildman–Crippen LogP) is 3.53. The lowest BCUT2D eigenvalue weighted by Gasteiger charge is -2.44. The molecule has 0 aliphatic carbocycles. The molecule has 3 aliphatic heterocycles. The van der Waals surface area contributed by atoms with Gasteiger partial charge in [-0.1, -0.05) is 16.8 Å². The molecule has 0 spiro atoms. The smallest absolute Gasteiger partial charge is 0.212 e. The number of nitrogens with one attached hydrogen (secondary N) is 1. The fraction of sp³-hybridized carbons (Fsp3) is 0.562.